The number of aliphatic hydroxyl groups excluding tert-OH is 2. The summed E-state index contributed by atoms with van der Waals surface area (Å²) in [6.45, 7) is 0.691. The molecule has 2 rings (SSSR count). The summed E-state index contributed by atoms with van der Waals surface area (Å²) < 4.78 is 5.36. The van der Waals surface area contributed by atoms with Crippen LogP contribution in [-0.2, 0) is 0 Å². The average Bonchev–Trinajstić information content (AvgIpc) is 2.95. The highest BCUT2D eigenvalue weighted by molar-refractivity contribution is 5.65. The summed E-state index contributed by atoms with van der Waals surface area (Å²) in [6, 6.07) is 5.93. The number of methoxy groups -OCH3 is 1. The molecule has 2 atom stereocenters. The fourth-order valence-electron chi connectivity index (χ4n) is 2.70. The van der Waals surface area contributed by atoms with Crippen molar-refractivity contribution in [1.82, 2.24) is 0 Å². The summed E-state index contributed by atoms with van der Waals surface area (Å²) in [4.78, 5) is 2.14. The van der Waals surface area contributed by atoms with Crippen LogP contribution in [0, 0.1) is 0 Å². The maximum Gasteiger partial charge on any atom is 0.144 e. The highest BCUT2D eigenvalue weighted by atomic mass is 16.5. The molecule has 1 saturated heterocycles. The van der Waals surface area contributed by atoms with E-state index in [1.165, 1.54) is 0 Å². The first-order valence-electron chi connectivity index (χ1n) is 6.62. The number of ether oxygens (including phenoxy) is 1. The number of nitrogens with one attached hydrogen (secondary N) is 1. The Bertz CT molecular complexity index is 425. The van der Waals surface area contributed by atoms with Crippen molar-refractivity contribution in [2.45, 2.75) is 25.0 Å². The summed E-state index contributed by atoms with van der Waals surface area (Å²) in [6.07, 6.45) is 1.23. The van der Waals surface area contributed by atoms with Crippen LogP contribution >= 0.6 is 0 Å². The Hall–Kier alpha value is -1.46. The highest BCUT2D eigenvalue weighted by Crippen LogP contribution is 2.33. The van der Waals surface area contributed by atoms with E-state index in [0.717, 1.165) is 36.5 Å². The van der Waals surface area contributed by atoms with Gasteiger partial charge in [0, 0.05) is 25.3 Å². The molecule has 1 aliphatic heterocycles. The van der Waals surface area contributed by atoms with Crippen LogP contribution in [0.5, 0.6) is 5.75 Å². The lowest BCUT2D eigenvalue weighted by Gasteiger charge is -2.30. The Morgan fingerprint density at radius 3 is 2.95 bits per heavy atom. The molecule has 5 heteroatoms. The van der Waals surface area contributed by atoms with Gasteiger partial charge in [-0.2, -0.15) is 0 Å². The van der Waals surface area contributed by atoms with E-state index in [1.54, 1.807) is 7.11 Å². The Morgan fingerprint density at radius 1 is 1.53 bits per heavy atom. The third-order valence-electron chi connectivity index (χ3n) is 3.72. The van der Waals surface area contributed by atoms with Gasteiger partial charge in [-0.3, -0.25) is 0 Å². The van der Waals surface area contributed by atoms with Gasteiger partial charge in [0.2, 0.25) is 0 Å². The van der Waals surface area contributed by atoms with E-state index in [-0.39, 0.29) is 12.6 Å². The quantitative estimate of drug-likeness (QED) is 0.743. The van der Waals surface area contributed by atoms with Crippen LogP contribution in [0.2, 0.25) is 0 Å². The van der Waals surface area contributed by atoms with Gasteiger partial charge < -0.3 is 25.2 Å². The minimum absolute atomic E-state index is 0.0184. The van der Waals surface area contributed by atoms with Crippen molar-refractivity contribution in [2.24, 2.45) is 0 Å². The van der Waals surface area contributed by atoms with E-state index in [1.807, 2.05) is 25.2 Å². The summed E-state index contributed by atoms with van der Waals surface area (Å²) in [5.74, 6) is 0.782. The Labute approximate surface area is 113 Å². The van der Waals surface area contributed by atoms with E-state index < -0.39 is 6.10 Å². The van der Waals surface area contributed by atoms with Crippen molar-refractivity contribution >= 4 is 11.4 Å². The molecule has 0 spiro atoms. The molecule has 0 amide bonds. The first kappa shape index (κ1) is 14.0. The molecule has 1 aromatic rings. The highest BCUT2D eigenvalue weighted by Gasteiger charge is 2.30. The van der Waals surface area contributed by atoms with Crippen molar-refractivity contribution in [1.29, 1.82) is 0 Å². The van der Waals surface area contributed by atoms with Gasteiger partial charge in [-0.15, -0.1) is 0 Å². The minimum Gasteiger partial charge on any atom is -0.495 e. The Kier molecular flexibility index (Phi) is 4.50. The predicted molar refractivity (Wildman–Crippen MR) is 76.0 cm³/mol. The van der Waals surface area contributed by atoms with Crippen molar-refractivity contribution in [2.75, 3.05) is 37.5 Å². The van der Waals surface area contributed by atoms with Crippen LogP contribution in [-0.4, -0.2) is 49.7 Å². The minimum atomic E-state index is -0.697. The van der Waals surface area contributed by atoms with E-state index in [0.29, 0.717) is 0 Å². The number of hydrogen-bond acceptors (Lipinski definition) is 5. The lowest BCUT2D eigenvalue weighted by atomic mass is 10.1. The van der Waals surface area contributed by atoms with Gasteiger partial charge >= 0.3 is 0 Å². The number of aliphatic hydroxyl groups is 2. The monoisotopic (exact) mass is 266 g/mol. The van der Waals surface area contributed by atoms with Gasteiger partial charge in [0.05, 0.1) is 31.5 Å². The number of nitrogens with zero attached hydrogens (tertiary/aromatic N) is 1. The van der Waals surface area contributed by atoms with E-state index >= 15 is 0 Å². The SMILES string of the molecule is CNc1ccc(N2CCCC2C(O)CO)cc1OC. The molecular weight excluding hydrogens is 244 g/mol. The molecule has 0 saturated carbocycles. The summed E-state index contributed by atoms with van der Waals surface area (Å²) in [5.41, 5.74) is 1.95. The molecule has 0 bridgehead atoms. The molecule has 1 heterocycles. The van der Waals surface area contributed by atoms with Crippen molar-refractivity contribution < 1.29 is 14.9 Å². The second-order valence-electron chi connectivity index (χ2n) is 4.79. The maximum absolute atomic E-state index is 9.88. The second-order valence-corrected chi connectivity index (χ2v) is 4.79. The summed E-state index contributed by atoms with van der Waals surface area (Å²) in [7, 11) is 3.50. The third-order valence-corrected chi connectivity index (χ3v) is 3.72. The van der Waals surface area contributed by atoms with Crippen LogP contribution in [0.3, 0.4) is 0 Å². The van der Waals surface area contributed by atoms with Crippen LogP contribution in [0.15, 0.2) is 18.2 Å². The first-order chi connectivity index (χ1) is 9.21. The smallest absolute Gasteiger partial charge is 0.144 e. The molecule has 1 aliphatic rings. The molecule has 0 radical (unpaired) electrons. The molecule has 1 fully saturated rings. The van der Waals surface area contributed by atoms with Crippen molar-refractivity contribution in [3.63, 3.8) is 0 Å². The summed E-state index contributed by atoms with van der Waals surface area (Å²) >= 11 is 0. The molecule has 3 N–H and O–H groups in total. The largest absolute Gasteiger partial charge is 0.495 e. The lowest BCUT2D eigenvalue weighted by molar-refractivity contribution is 0.0752. The van der Waals surface area contributed by atoms with Gasteiger partial charge in [-0.25, -0.2) is 0 Å². The predicted octanol–water partition coefficient (Wildman–Crippen LogP) is 1.06. The fourth-order valence-corrected chi connectivity index (χ4v) is 2.70. The normalized spacial score (nSPS) is 20.4. The molecule has 106 valence electrons. The zero-order valence-electron chi connectivity index (χ0n) is 11.5. The molecule has 1 aromatic carbocycles. The molecule has 0 aromatic heterocycles. The molecule has 0 aliphatic carbocycles. The van der Waals surface area contributed by atoms with Gasteiger partial charge in [0.25, 0.3) is 0 Å². The maximum atomic E-state index is 9.88. The third kappa shape index (κ3) is 2.77. The summed E-state index contributed by atoms with van der Waals surface area (Å²) in [5, 5.41) is 22.1. The average molecular weight is 266 g/mol. The lowest BCUT2D eigenvalue weighted by Crippen LogP contribution is -2.41. The molecular formula is C14H22N2O3. The van der Waals surface area contributed by atoms with Crippen LogP contribution in [0.4, 0.5) is 11.4 Å². The van der Waals surface area contributed by atoms with Gasteiger partial charge in [-0.05, 0) is 25.0 Å². The molecule has 2 unspecified atom stereocenters. The zero-order valence-corrected chi connectivity index (χ0v) is 11.5. The standard InChI is InChI=1S/C14H22N2O3/c1-15-11-6-5-10(8-14(11)19-2)16-7-3-4-12(16)13(18)9-17/h5-6,8,12-13,15,17-18H,3-4,7,9H2,1-2H3. The van der Waals surface area contributed by atoms with Crippen LogP contribution in [0.25, 0.3) is 0 Å². The Balaban J connectivity index is 2.25. The second kappa shape index (κ2) is 6.12. The molecule has 19 heavy (non-hydrogen) atoms. The number of rotatable bonds is 5. The molecule has 5 nitrogen and oxygen atoms in total. The number of benzene rings is 1. The number of hydrogen-bond donors (Lipinski definition) is 3. The first-order valence-corrected chi connectivity index (χ1v) is 6.62. The topological polar surface area (TPSA) is 65.0 Å². The van der Waals surface area contributed by atoms with Crippen LogP contribution < -0.4 is 15.0 Å². The van der Waals surface area contributed by atoms with Gasteiger partial charge in [-0.1, -0.05) is 0 Å². The van der Waals surface area contributed by atoms with Gasteiger partial charge in [0.1, 0.15) is 5.75 Å². The fraction of sp³-hybridized carbons (Fsp3) is 0.571. The van der Waals surface area contributed by atoms with Crippen LogP contribution in [0.1, 0.15) is 12.8 Å². The Morgan fingerprint density at radius 2 is 2.32 bits per heavy atom. The van der Waals surface area contributed by atoms with Gasteiger partial charge in [0.15, 0.2) is 0 Å². The van der Waals surface area contributed by atoms with Crippen molar-refractivity contribution in [3.05, 3.63) is 18.2 Å². The number of anilines is 2. The van der Waals surface area contributed by atoms with E-state index in [4.69, 9.17) is 9.84 Å². The zero-order chi connectivity index (χ0) is 13.8. The van der Waals surface area contributed by atoms with E-state index in [9.17, 15) is 5.11 Å². The van der Waals surface area contributed by atoms with Crippen molar-refractivity contribution in [3.8, 4) is 5.75 Å². The van der Waals surface area contributed by atoms with E-state index in [2.05, 4.69) is 10.2 Å².